The lowest BCUT2D eigenvalue weighted by atomic mass is 9.95. The minimum atomic E-state index is -1.40. The first-order valence-electron chi connectivity index (χ1n) is 11.9. The van der Waals surface area contributed by atoms with Gasteiger partial charge in [0.1, 0.15) is 23.7 Å². The topological polar surface area (TPSA) is 68.2 Å². The Kier molecular flexibility index (Phi) is 5.76. The summed E-state index contributed by atoms with van der Waals surface area (Å²) in [4.78, 5) is 17.6. The maximum absolute atomic E-state index is 14.8. The number of fused-ring (bicyclic) bond motifs is 3. The van der Waals surface area contributed by atoms with Crippen molar-refractivity contribution in [2.75, 3.05) is 22.6 Å². The Morgan fingerprint density at radius 1 is 1.00 bits per heavy atom. The Hall–Kier alpha value is -3.30. The molecule has 36 heavy (non-hydrogen) atoms. The van der Waals surface area contributed by atoms with Crippen LogP contribution in [0.25, 0.3) is 10.8 Å². The standard InChI is InChI=1S/C27H25F2N5OS/c1-16-11-18-12-30-13-22(29)20(18)14-34(16)26-19-9-10-33(15-23(19)31-27(32-26)36(2)35)24-8-4-6-17-5-3-7-21(28)25(17)24/h3-8,12-13,16H,9-11,14-15H2,1-2H3/t16-,36?/m1/s1. The first kappa shape index (κ1) is 23.1. The first-order valence-corrected chi connectivity index (χ1v) is 13.5. The monoisotopic (exact) mass is 505 g/mol. The molecule has 0 saturated carbocycles. The molecule has 0 spiro atoms. The van der Waals surface area contributed by atoms with Gasteiger partial charge >= 0.3 is 5.16 Å². The smallest absolute Gasteiger partial charge is 0.344 e. The van der Waals surface area contributed by atoms with Gasteiger partial charge in [-0.3, -0.25) is 4.98 Å². The van der Waals surface area contributed by atoms with Crippen molar-refractivity contribution in [3.05, 3.63) is 82.8 Å². The van der Waals surface area contributed by atoms with Gasteiger partial charge in [0.15, 0.2) is 0 Å². The summed E-state index contributed by atoms with van der Waals surface area (Å²) >= 11 is -1.40. The van der Waals surface area contributed by atoms with Gasteiger partial charge in [-0.25, -0.2) is 8.78 Å². The molecule has 4 heterocycles. The van der Waals surface area contributed by atoms with Crippen molar-refractivity contribution >= 4 is 33.5 Å². The van der Waals surface area contributed by atoms with Crippen molar-refractivity contribution in [1.82, 2.24) is 15.0 Å². The predicted octanol–water partition coefficient (Wildman–Crippen LogP) is 4.55. The van der Waals surface area contributed by atoms with Crippen molar-refractivity contribution in [2.45, 2.75) is 44.1 Å². The Labute approximate surface area is 211 Å². The highest BCUT2D eigenvalue weighted by Crippen LogP contribution is 2.37. The zero-order valence-corrected chi connectivity index (χ0v) is 20.9. The zero-order chi connectivity index (χ0) is 25.0. The van der Waals surface area contributed by atoms with Crippen LogP contribution in [0.1, 0.15) is 29.3 Å². The summed E-state index contributed by atoms with van der Waals surface area (Å²) in [6.45, 7) is 3.54. The van der Waals surface area contributed by atoms with Gasteiger partial charge in [-0.05, 0) is 42.8 Å². The van der Waals surface area contributed by atoms with E-state index >= 15 is 0 Å². The summed E-state index contributed by atoms with van der Waals surface area (Å²) < 4.78 is 42.0. The van der Waals surface area contributed by atoms with E-state index in [-0.39, 0.29) is 22.8 Å². The molecule has 9 heteroatoms. The van der Waals surface area contributed by atoms with E-state index in [0.717, 1.165) is 27.9 Å². The second-order valence-electron chi connectivity index (χ2n) is 9.44. The minimum absolute atomic E-state index is 0.0587. The van der Waals surface area contributed by atoms with Crippen LogP contribution < -0.4 is 9.80 Å². The molecule has 2 aliphatic rings. The SMILES string of the molecule is C[C@@H]1Cc2cncc(F)c2CN1c1nc([S+](C)[O-])nc2c1CCN(c1cccc3cccc(F)c13)C2. The number of aromatic nitrogens is 3. The van der Waals surface area contributed by atoms with Gasteiger partial charge < -0.3 is 14.4 Å². The maximum atomic E-state index is 14.8. The molecule has 6 rings (SSSR count). The van der Waals surface area contributed by atoms with Crippen molar-refractivity contribution < 1.29 is 13.3 Å². The normalized spacial score (nSPS) is 18.2. The molecule has 184 valence electrons. The van der Waals surface area contributed by atoms with E-state index < -0.39 is 11.2 Å². The summed E-state index contributed by atoms with van der Waals surface area (Å²) in [5.74, 6) is 0.129. The van der Waals surface area contributed by atoms with Crippen molar-refractivity contribution in [3.8, 4) is 0 Å². The first-order chi connectivity index (χ1) is 17.4. The minimum Gasteiger partial charge on any atom is -0.609 e. The molecule has 2 aliphatic heterocycles. The van der Waals surface area contributed by atoms with Crippen molar-refractivity contribution in [3.63, 3.8) is 0 Å². The van der Waals surface area contributed by atoms with Gasteiger partial charge in [0.25, 0.3) is 0 Å². The molecule has 0 fully saturated rings. The average Bonchev–Trinajstić information content (AvgIpc) is 2.87. The number of rotatable bonds is 3. The summed E-state index contributed by atoms with van der Waals surface area (Å²) in [6.07, 6.45) is 5.82. The largest absolute Gasteiger partial charge is 0.609 e. The quantitative estimate of drug-likeness (QED) is 0.301. The maximum Gasteiger partial charge on any atom is 0.344 e. The van der Waals surface area contributed by atoms with Crippen LogP contribution in [0, 0.1) is 11.6 Å². The van der Waals surface area contributed by atoms with Gasteiger partial charge in [-0.15, -0.1) is 0 Å². The van der Waals surface area contributed by atoms with E-state index in [9.17, 15) is 13.3 Å². The second kappa shape index (κ2) is 8.97. The molecule has 0 radical (unpaired) electrons. The van der Waals surface area contributed by atoms with Crippen LogP contribution in [0.15, 0.2) is 53.9 Å². The van der Waals surface area contributed by atoms with Gasteiger partial charge in [-0.2, -0.15) is 9.97 Å². The fourth-order valence-corrected chi connectivity index (χ4v) is 5.85. The highest BCUT2D eigenvalue weighted by Gasteiger charge is 2.33. The lowest BCUT2D eigenvalue weighted by molar-refractivity contribution is 0.530. The zero-order valence-electron chi connectivity index (χ0n) is 20.0. The van der Waals surface area contributed by atoms with E-state index in [1.165, 1.54) is 12.3 Å². The molecule has 1 unspecified atom stereocenters. The lowest BCUT2D eigenvalue weighted by Crippen LogP contribution is -2.42. The fraction of sp³-hybridized carbons (Fsp3) is 0.296. The lowest BCUT2D eigenvalue weighted by Gasteiger charge is -2.39. The van der Waals surface area contributed by atoms with Crippen LogP contribution in [0.4, 0.5) is 20.3 Å². The van der Waals surface area contributed by atoms with Crippen LogP contribution in [0.5, 0.6) is 0 Å². The number of benzene rings is 2. The highest BCUT2D eigenvalue weighted by molar-refractivity contribution is 7.90. The molecule has 6 nitrogen and oxygen atoms in total. The summed E-state index contributed by atoms with van der Waals surface area (Å²) in [5.41, 5.74) is 4.10. The molecular weight excluding hydrogens is 480 g/mol. The van der Waals surface area contributed by atoms with Crippen molar-refractivity contribution in [1.29, 1.82) is 0 Å². The number of hydrogen-bond donors (Lipinski definition) is 0. The molecular formula is C27H25F2N5OS. The third kappa shape index (κ3) is 3.87. The summed E-state index contributed by atoms with van der Waals surface area (Å²) in [6, 6.07) is 10.9. The Morgan fingerprint density at radius 2 is 1.81 bits per heavy atom. The number of halogens is 2. The second-order valence-corrected chi connectivity index (χ2v) is 10.7. The molecule has 0 amide bonds. The van der Waals surface area contributed by atoms with Gasteiger partial charge in [0.05, 0.1) is 18.4 Å². The van der Waals surface area contributed by atoms with E-state index in [0.29, 0.717) is 49.2 Å². The number of pyridine rings is 1. The fourth-order valence-electron chi connectivity index (χ4n) is 5.39. The van der Waals surface area contributed by atoms with Gasteiger partial charge in [-0.1, -0.05) is 24.3 Å². The van der Waals surface area contributed by atoms with Gasteiger partial charge in [0.2, 0.25) is 0 Å². The number of anilines is 2. The van der Waals surface area contributed by atoms with Gasteiger partial charge in [0, 0.05) is 58.7 Å². The number of hydrogen-bond acceptors (Lipinski definition) is 6. The van der Waals surface area contributed by atoms with Crippen LogP contribution in [-0.2, 0) is 37.1 Å². The Bertz CT molecular complexity index is 1480. The molecule has 0 saturated heterocycles. The summed E-state index contributed by atoms with van der Waals surface area (Å²) in [7, 11) is 0. The molecule has 0 aliphatic carbocycles. The third-order valence-electron chi connectivity index (χ3n) is 7.19. The van der Waals surface area contributed by atoms with E-state index in [1.54, 1.807) is 18.5 Å². The molecule has 2 aromatic heterocycles. The predicted molar refractivity (Wildman–Crippen MR) is 137 cm³/mol. The highest BCUT2D eigenvalue weighted by atomic mass is 32.2. The van der Waals surface area contributed by atoms with Crippen LogP contribution in [0.2, 0.25) is 0 Å². The van der Waals surface area contributed by atoms with Crippen LogP contribution in [-0.4, -0.2) is 38.3 Å². The van der Waals surface area contributed by atoms with Crippen LogP contribution >= 0.6 is 0 Å². The molecule has 0 N–H and O–H groups in total. The summed E-state index contributed by atoms with van der Waals surface area (Å²) in [5, 5.41) is 1.68. The average molecular weight is 506 g/mol. The molecule has 2 aromatic carbocycles. The van der Waals surface area contributed by atoms with E-state index in [4.69, 9.17) is 4.98 Å². The van der Waals surface area contributed by atoms with Crippen molar-refractivity contribution in [2.24, 2.45) is 0 Å². The Morgan fingerprint density at radius 3 is 2.61 bits per heavy atom. The van der Waals surface area contributed by atoms with E-state index in [2.05, 4.69) is 26.7 Å². The van der Waals surface area contributed by atoms with Crippen LogP contribution in [0.3, 0.4) is 0 Å². The third-order valence-corrected chi connectivity index (χ3v) is 7.89. The molecule has 2 atom stereocenters. The molecule has 0 bridgehead atoms. The van der Waals surface area contributed by atoms with E-state index in [1.807, 2.05) is 24.3 Å². The Balaban J connectivity index is 1.42. The molecule has 4 aromatic rings. The number of nitrogens with zero attached hydrogens (tertiary/aromatic N) is 5.